The summed E-state index contributed by atoms with van der Waals surface area (Å²) < 4.78 is 15.9. The van der Waals surface area contributed by atoms with Gasteiger partial charge in [-0.25, -0.2) is 9.38 Å². The van der Waals surface area contributed by atoms with Crippen LogP contribution in [0.5, 0.6) is 0 Å². The maximum atomic E-state index is 15.9. The number of aliphatic hydroxyl groups excluding tert-OH is 1. The van der Waals surface area contributed by atoms with Crippen LogP contribution in [-0.4, -0.2) is 11.3 Å². The lowest BCUT2D eigenvalue weighted by Crippen LogP contribution is -2.11. The molecule has 0 radical (unpaired) electrons. The molecule has 2 nitrogen and oxygen atoms in total. The van der Waals surface area contributed by atoms with E-state index in [2.05, 4.69) is 65.8 Å². The number of aliphatic hydroxyl groups is 1. The van der Waals surface area contributed by atoms with E-state index in [9.17, 15) is 5.11 Å². The summed E-state index contributed by atoms with van der Waals surface area (Å²) in [6.45, 7) is 26.0. The Balaban J connectivity index is 4.09. The third-order valence-electron chi connectivity index (χ3n) is 6.12. The zero-order chi connectivity index (χ0) is 24.0. The van der Waals surface area contributed by atoms with Gasteiger partial charge in [-0.15, -0.1) is 0 Å². The number of hydrogen-bond acceptors (Lipinski definition) is 2. The Morgan fingerprint density at radius 3 is 1.97 bits per heavy atom. The minimum absolute atomic E-state index is 0.283. The van der Waals surface area contributed by atoms with Crippen LogP contribution in [0.4, 0.5) is 4.39 Å². The normalized spacial score (nSPS) is 12.8. The van der Waals surface area contributed by atoms with Crippen molar-refractivity contribution in [3.8, 4) is 0 Å². The van der Waals surface area contributed by atoms with Crippen molar-refractivity contribution in [2.24, 2.45) is 4.99 Å². The molecule has 0 spiro atoms. The maximum Gasteiger partial charge on any atom is 0.203 e. The van der Waals surface area contributed by atoms with E-state index >= 15 is 4.39 Å². The van der Waals surface area contributed by atoms with Gasteiger partial charge in [-0.3, -0.25) is 0 Å². The molecule has 1 aromatic carbocycles. The standard InChI is InChI=1S/C28H38FNO/c1-12-17(6)19(8)26(18(7)16(4)5)21(10)27-24(14-3)23(13-2)25(15-30-22(11)31)20(9)28(27)29/h12,15,31H,10-11,13-14H2,1-9H3/b17-12-,26-19-,30-15-. The van der Waals surface area contributed by atoms with Gasteiger partial charge in [-0.2, -0.15) is 0 Å². The van der Waals surface area contributed by atoms with Crippen molar-refractivity contribution in [3.05, 3.63) is 86.6 Å². The van der Waals surface area contributed by atoms with Gasteiger partial charge >= 0.3 is 0 Å². The van der Waals surface area contributed by atoms with Crippen LogP contribution in [0.25, 0.3) is 5.57 Å². The predicted octanol–water partition coefficient (Wildman–Crippen LogP) is 8.36. The number of rotatable bonds is 8. The van der Waals surface area contributed by atoms with Crippen molar-refractivity contribution < 1.29 is 9.50 Å². The summed E-state index contributed by atoms with van der Waals surface area (Å²) >= 11 is 0. The Hall–Kier alpha value is -2.68. The summed E-state index contributed by atoms with van der Waals surface area (Å²) in [5.41, 5.74) is 9.99. The minimum Gasteiger partial charge on any atom is -0.494 e. The molecule has 0 fully saturated rings. The number of hydrogen-bond donors (Lipinski definition) is 1. The van der Waals surface area contributed by atoms with E-state index < -0.39 is 0 Å². The number of nitrogens with zero attached hydrogens (tertiary/aromatic N) is 1. The molecule has 0 aromatic heterocycles. The van der Waals surface area contributed by atoms with E-state index in [-0.39, 0.29) is 11.7 Å². The molecule has 0 aliphatic rings. The van der Waals surface area contributed by atoms with Gasteiger partial charge in [0, 0.05) is 17.3 Å². The predicted molar refractivity (Wildman–Crippen MR) is 134 cm³/mol. The van der Waals surface area contributed by atoms with E-state index in [1.807, 2.05) is 13.8 Å². The first-order valence-electron chi connectivity index (χ1n) is 10.9. The zero-order valence-corrected chi connectivity index (χ0v) is 20.8. The second kappa shape index (κ2) is 11.1. The summed E-state index contributed by atoms with van der Waals surface area (Å²) in [5.74, 6) is -0.579. The number of halogens is 1. The number of aliphatic imine (C=N–C) groups is 1. The van der Waals surface area contributed by atoms with Crippen molar-refractivity contribution in [1.82, 2.24) is 0 Å². The van der Waals surface area contributed by atoms with Gasteiger partial charge in [-0.05, 0) is 107 Å². The van der Waals surface area contributed by atoms with Crippen molar-refractivity contribution in [2.75, 3.05) is 0 Å². The molecule has 1 N–H and O–H groups in total. The van der Waals surface area contributed by atoms with E-state index in [1.165, 1.54) is 11.8 Å². The Kier molecular flexibility index (Phi) is 9.42. The Morgan fingerprint density at radius 2 is 1.55 bits per heavy atom. The van der Waals surface area contributed by atoms with Crippen LogP contribution >= 0.6 is 0 Å². The van der Waals surface area contributed by atoms with Gasteiger partial charge in [0.05, 0.1) is 0 Å². The summed E-state index contributed by atoms with van der Waals surface area (Å²) in [4.78, 5) is 3.93. The monoisotopic (exact) mass is 423 g/mol. The molecular weight excluding hydrogens is 385 g/mol. The first kappa shape index (κ1) is 26.4. The average Bonchev–Trinajstić information content (AvgIpc) is 2.72. The minimum atomic E-state index is -0.296. The molecule has 168 valence electrons. The summed E-state index contributed by atoms with van der Waals surface area (Å²) in [7, 11) is 0. The van der Waals surface area contributed by atoms with Gasteiger partial charge in [0.15, 0.2) is 0 Å². The summed E-state index contributed by atoms with van der Waals surface area (Å²) in [6, 6.07) is 0. The quantitative estimate of drug-likeness (QED) is 0.254. The Labute approximate surface area is 188 Å². The second-order valence-electron chi connectivity index (χ2n) is 8.14. The molecule has 0 heterocycles. The smallest absolute Gasteiger partial charge is 0.203 e. The van der Waals surface area contributed by atoms with Crippen molar-refractivity contribution >= 4 is 11.8 Å². The molecule has 3 heteroatoms. The molecule has 0 saturated carbocycles. The highest BCUT2D eigenvalue weighted by Crippen LogP contribution is 2.39. The first-order valence-corrected chi connectivity index (χ1v) is 10.9. The molecule has 0 bridgehead atoms. The average molecular weight is 424 g/mol. The molecule has 1 aromatic rings. The molecule has 0 atom stereocenters. The maximum absolute atomic E-state index is 15.9. The highest BCUT2D eigenvalue weighted by atomic mass is 19.1. The molecule has 0 saturated heterocycles. The fourth-order valence-electron chi connectivity index (χ4n) is 3.92. The third kappa shape index (κ3) is 5.52. The number of allylic oxidation sites excluding steroid dienone is 7. The first-order chi connectivity index (χ1) is 14.4. The Morgan fingerprint density at radius 1 is 1.00 bits per heavy atom. The Bertz CT molecular complexity index is 1010. The lowest BCUT2D eigenvalue weighted by Gasteiger charge is -2.24. The van der Waals surface area contributed by atoms with Crippen LogP contribution in [0.3, 0.4) is 0 Å². The fraction of sp³-hybridized carbons (Fsp3) is 0.393. The highest BCUT2D eigenvalue weighted by molar-refractivity contribution is 5.91. The molecule has 0 aliphatic carbocycles. The molecule has 0 amide bonds. The zero-order valence-electron chi connectivity index (χ0n) is 20.8. The van der Waals surface area contributed by atoms with Crippen LogP contribution in [0, 0.1) is 12.7 Å². The van der Waals surface area contributed by atoms with Gasteiger partial charge in [0.2, 0.25) is 5.88 Å². The largest absolute Gasteiger partial charge is 0.494 e. The van der Waals surface area contributed by atoms with E-state index in [0.717, 1.165) is 39.8 Å². The van der Waals surface area contributed by atoms with Gasteiger partial charge in [0.25, 0.3) is 0 Å². The van der Waals surface area contributed by atoms with Crippen molar-refractivity contribution in [3.63, 3.8) is 0 Å². The van der Waals surface area contributed by atoms with E-state index in [1.54, 1.807) is 6.92 Å². The molecule has 0 unspecified atom stereocenters. The van der Waals surface area contributed by atoms with Gasteiger partial charge < -0.3 is 5.11 Å². The van der Waals surface area contributed by atoms with Crippen LogP contribution < -0.4 is 0 Å². The third-order valence-corrected chi connectivity index (χ3v) is 6.12. The second-order valence-corrected chi connectivity index (χ2v) is 8.14. The lowest BCUT2D eigenvalue weighted by molar-refractivity contribution is 0.410. The number of benzene rings is 1. The van der Waals surface area contributed by atoms with Crippen molar-refractivity contribution in [1.29, 1.82) is 0 Å². The fourth-order valence-corrected chi connectivity index (χ4v) is 3.92. The van der Waals surface area contributed by atoms with Gasteiger partial charge in [-0.1, -0.05) is 37.6 Å². The molecule has 0 aliphatic heterocycles. The van der Waals surface area contributed by atoms with Crippen LogP contribution in [-0.2, 0) is 12.8 Å². The molecular formula is C28H38FNO. The van der Waals surface area contributed by atoms with Crippen molar-refractivity contribution in [2.45, 2.75) is 75.2 Å². The highest BCUT2D eigenvalue weighted by Gasteiger charge is 2.24. The van der Waals surface area contributed by atoms with E-state index in [0.29, 0.717) is 28.7 Å². The molecule has 1 rings (SSSR count). The van der Waals surface area contributed by atoms with Crippen LogP contribution in [0.15, 0.2) is 58.0 Å². The summed E-state index contributed by atoms with van der Waals surface area (Å²) in [6.07, 6.45) is 4.97. The SMILES string of the molecule is C=C(O)/N=C\c1c(C)c(F)c(C(=C)/C(C(C)=C(C)C)=C(C)\C(C)=C/C)c(CC)c1CC. The summed E-state index contributed by atoms with van der Waals surface area (Å²) in [5, 5.41) is 9.41. The lowest BCUT2D eigenvalue weighted by atomic mass is 9.80. The van der Waals surface area contributed by atoms with Crippen LogP contribution in [0.2, 0.25) is 0 Å². The van der Waals surface area contributed by atoms with E-state index in [4.69, 9.17) is 0 Å². The van der Waals surface area contributed by atoms with Crippen LogP contribution in [0.1, 0.15) is 83.2 Å². The topological polar surface area (TPSA) is 32.6 Å². The van der Waals surface area contributed by atoms with Gasteiger partial charge in [0.1, 0.15) is 5.82 Å². The molecule has 31 heavy (non-hydrogen) atoms.